The Labute approximate surface area is 131 Å². The van der Waals surface area contributed by atoms with E-state index in [1.54, 1.807) is 34.6 Å². The van der Waals surface area contributed by atoms with Gasteiger partial charge in [-0.1, -0.05) is 0 Å². The predicted molar refractivity (Wildman–Crippen MR) is 80.8 cm³/mol. The third-order valence-electron chi connectivity index (χ3n) is 3.45. The summed E-state index contributed by atoms with van der Waals surface area (Å²) in [6.07, 6.45) is -0.395. The van der Waals surface area contributed by atoms with Gasteiger partial charge < -0.3 is 9.84 Å². The molecule has 0 spiro atoms. The van der Waals surface area contributed by atoms with Crippen LogP contribution >= 0.6 is 0 Å². The highest BCUT2D eigenvalue weighted by molar-refractivity contribution is 5.91. The van der Waals surface area contributed by atoms with Crippen LogP contribution in [0.1, 0.15) is 47.5 Å². The molecule has 1 N–H and O–H groups in total. The molecule has 1 atom stereocenters. The Morgan fingerprint density at radius 3 is 2.36 bits per heavy atom. The lowest BCUT2D eigenvalue weighted by molar-refractivity contribution is -0.124. The van der Waals surface area contributed by atoms with Gasteiger partial charge in [-0.2, -0.15) is 0 Å². The Balaban J connectivity index is 2.75. The second kappa shape index (κ2) is 6.98. The maximum absolute atomic E-state index is 12.4. The number of hydrogen-bond donors (Lipinski definition) is 1. The summed E-state index contributed by atoms with van der Waals surface area (Å²) < 4.78 is 5.31. The lowest BCUT2D eigenvalue weighted by Gasteiger charge is -2.29. The van der Waals surface area contributed by atoms with E-state index in [4.69, 9.17) is 9.84 Å². The van der Waals surface area contributed by atoms with Crippen LogP contribution in [0.2, 0.25) is 0 Å². The molecule has 0 aromatic rings. The van der Waals surface area contributed by atoms with Crippen molar-refractivity contribution < 1.29 is 24.2 Å². The molecule has 1 fully saturated rings. The molecule has 1 aliphatic heterocycles. The SMILES string of the molecule is CC(C)N(CC(=O)[C@H]1CCCN1C(=O)OC(C)(C)C)C(=O)O. The summed E-state index contributed by atoms with van der Waals surface area (Å²) in [6.45, 7) is 8.97. The molecule has 0 unspecified atom stereocenters. The van der Waals surface area contributed by atoms with Crippen molar-refractivity contribution >= 4 is 18.0 Å². The highest BCUT2D eigenvalue weighted by atomic mass is 16.6. The van der Waals surface area contributed by atoms with Gasteiger partial charge in [-0.3, -0.25) is 14.6 Å². The van der Waals surface area contributed by atoms with Gasteiger partial charge in [0, 0.05) is 12.6 Å². The van der Waals surface area contributed by atoms with Crippen molar-refractivity contribution in [3.05, 3.63) is 0 Å². The van der Waals surface area contributed by atoms with Crippen LogP contribution in [0.3, 0.4) is 0 Å². The van der Waals surface area contributed by atoms with Gasteiger partial charge in [-0.25, -0.2) is 9.59 Å². The summed E-state index contributed by atoms with van der Waals surface area (Å²) in [7, 11) is 0. The number of ketones is 1. The number of rotatable bonds is 4. The average molecular weight is 314 g/mol. The molecule has 2 amide bonds. The fourth-order valence-corrected chi connectivity index (χ4v) is 2.38. The first kappa shape index (κ1) is 18.3. The molecule has 7 heteroatoms. The van der Waals surface area contributed by atoms with E-state index in [0.717, 1.165) is 4.90 Å². The Morgan fingerprint density at radius 1 is 1.32 bits per heavy atom. The summed E-state index contributed by atoms with van der Waals surface area (Å²) in [5, 5.41) is 9.13. The number of nitrogens with zero attached hydrogens (tertiary/aromatic N) is 2. The first-order chi connectivity index (χ1) is 10.0. The molecule has 7 nitrogen and oxygen atoms in total. The molecule has 0 aliphatic carbocycles. The van der Waals surface area contributed by atoms with Crippen LogP contribution in [0.5, 0.6) is 0 Å². The van der Waals surface area contributed by atoms with E-state index in [1.165, 1.54) is 4.90 Å². The van der Waals surface area contributed by atoms with E-state index in [9.17, 15) is 14.4 Å². The third-order valence-corrected chi connectivity index (χ3v) is 3.45. The van der Waals surface area contributed by atoms with Gasteiger partial charge in [-0.15, -0.1) is 0 Å². The number of likely N-dealkylation sites (tertiary alicyclic amines) is 1. The van der Waals surface area contributed by atoms with Gasteiger partial charge in [0.25, 0.3) is 0 Å². The highest BCUT2D eigenvalue weighted by Crippen LogP contribution is 2.22. The maximum Gasteiger partial charge on any atom is 0.410 e. The van der Waals surface area contributed by atoms with Gasteiger partial charge >= 0.3 is 12.2 Å². The van der Waals surface area contributed by atoms with Crippen LogP contribution < -0.4 is 0 Å². The molecule has 1 rings (SSSR count). The van der Waals surface area contributed by atoms with Crippen molar-refractivity contribution in [2.24, 2.45) is 0 Å². The fraction of sp³-hybridized carbons (Fsp3) is 0.800. The van der Waals surface area contributed by atoms with Crippen LogP contribution in [-0.2, 0) is 9.53 Å². The van der Waals surface area contributed by atoms with Crippen molar-refractivity contribution in [2.45, 2.75) is 65.1 Å². The minimum atomic E-state index is -1.13. The Kier molecular flexibility index (Phi) is 5.79. The van der Waals surface area contributed by atoms with Gasteiger partial charge in [0.2, 0.25) is 0 Å². The van der Waals surface area contributed by atoms with Crippen LogP contribution in [-0.4, -0.2) is 63.7 Å². The number of ether oxygens (including phenoxy) is 1. The zero-order valence-corrected chi connectivity index (χ0v) is 14.0. The molecular weight excluding hydrogens is 288 g/mol. The summed E-state index contributed by atoms with van der Waals surface area (Å²) in [5.41, 5.74) is -0.627. The minimum absolute atomic E-state index is 0.211. The molecule has 1 heterocycles. The second-order valence-corrected chi connectivity index (χ2v) is 6.80. The quantitative estimate of drug-likeness (QED) is 0.860. The lowest BCUT2D eigenvalue weighted by Crippen LogP contribution is -2.48. The van der Waals surface area contributed by atoms with Crippen LogP contribution in [0.4, 0.5) is 9.59 Å². The number of carbonyl (C=O) groups is 3. The molecule has 1 saturated heterocycles. The number of hydrogen-bond acceptors (Lipinski definition) is 4. The molecule has 22 heavy (non-hydrogen) atoms. The summed E-state index contributed by atoms with van der Waals surface area (Å²) in [5.74, 6) is -0.264. The number of Topliss-reactive ketones (excluding diaryl/α,β-unsaturated/α-hetero) is 1. The Morgan fingerprint density at radius 2 is 1.91 bits per heavy atom. The fourth-order valence-electron chi connectivity index (χ4n) is 2.38. The summed E-state index contributed by atoms with van der Waals surface area (Å²) in [6, 6.07) is -0.895. The maximum atomic E-state index is 12.4. The minimum Gasteiger partial charge on any atom is -0.465 e. The van der Waals surface area contributed by atoms with E-state index >= 15 is 0 Å². The first-order valence-corrected chi connectivity index (χ1v) is 7.55. The zero-order chi connectivity index (χ0) is 17.1. The smallest absolute Gasteiger partial charge is 0.410 e. The normalized spacial score (nSPS) is 18.5. The molecule has 126 valence electrons. The van der Waals surface area contributed by atoms with Gasteiger partial charge in [0.05, 0.1) is 12.6 Å². The monoisotopic (exact) mass is 314 g/mol. The van der Waals surface area contributed by atoms with Crippen molar-refractivity contribution in [3.8, 4) is 0 Å². The average Bonchev–Trinajstić information content (AvgIpc) is 2.81. The van der Waals surface area contributed by atoms with Crippen LogP contribution in [0, 0.1) is 0 Å². The van der Waals surface area contributed by atoms with Gasteiger partial charge in [0.1, 0.15) is 5.60 Å². The molecule has 0 aromatic heterocycles. The molecule has 0 aromatic carbocycles. The number of amides is 2. The van der Waals surface area contributed by atoms with E-state index in [1.807, 2.05) is 0 Å². The standard InChI is InChI=1S/C15H26N2O5/c1-10(2)17(13(19)20)9-12(18)11-7-6-8-16(11)14(21)22-15(3,4)5/h10-11H,6-9H2,1-5H3,(H,19,20)/t11-/m1/s1. The van der Waals surface area contributed by atoms with Crippen molar-refractivity contribution in [1.29, 1.82) is 0 Å². The topological polar surface area (TPSA) is 87.2 Å². The molecule has 0 saturated carbocycles. The molecule has 0 radical (unpaired) electrons. The van der Waals surface area contributed by atoms with Crippen molar-refractivity contribution in [2.75, 3.05) is 13.1 Å². The number of carbonyl (C=O) groups excluding carboxylic acids is 2. The van der Waals surface area contributed by atoms with Crippen LogP contribution in [0.25, 0.3) is 0 Å². The molecule has 1 aliphatic rings. The molecule has 0 bridgehead atoms. The summed E-state index contributed by atoms with van der Waals surface area (Å²) in [4.78, 5) is 38.2. The van der Waals surface area contributed by atoms with E-state index in [-0.39, 0.29) is 18.4 Å². The van der Waals surface area contributed by atoms with Crippen molar-refractivity contribution in [3.63, 3.8) is 0 Å². The predicted octanol–water partition coefficient (Wildman–Crippen LogP) is 2.34. The number of carboxylic acid groups (broad SMARTS) is 1. The largest absolute Gasteiger partial charge is 0.465 e. The van der Waals surface area contributed by atoms with E-state index in [0.29, 0.717) is 19.4 Å². The molecular formula is C15H26N2O5. The van der Waals surface area contributed by atoms with Gasteiger partial charge in [0.15, 0.2) is 5.78 Å². The highest BCUT2D eigenvalue weighted by Gasteiger charge is 2.37. The first-order valence-electron chi connectivity index (χ1n) is 7.55. The second-order valence-electron chi connectivity index (χ2n) is 6.80. The Bertz CT molecular complexity index is 442. The zero-order valence-electron chi connectivity index (χ0n) is 14.0. The van der Waals surface area contributed by atoms with E-state index < -0.39 is 23.8 Å². The lowest BCUT2D eigenvalue weighted by atomic mass is 10.1. The summed E-state index contributed by atoms with van der Waals surface area (Å²) >= 11 is 0. The third kappa shape index (κ3) is 4.89. The van der Waals surface area contributed by atoms with Crippen molar-refractivity contribution in [1.82, 2.24) is 9.80 Å². The Hall–Kier alpha value is -1.79. The van der Waals surface area contributed by atoms with Crippen LogP contribution in [0.15, 0.2) is 0 Å². The van der Waals surface area contributed by atoms with E-state index in [2.05, 4.69) is 0 Å². The van der Waals surface area contributed by atoms with Gasteiger partial charge in [-0.05, 0) is 47.5 Å².